The molecule has 1 amide bonds. The minimum atomic E-state index is -0.324. The highest BCUT2D eigenvalue weighted by Gasteiger charge is 2.17. The molecule has 1 atom stereocenters. The summed E-state index contributed by atoms with van der Waals surface area (Å²) in [6.07, 6.45) is 0.671. The number of carbonyl (C=O) groups is 1. The Balaban J connectivity index is 2.05. The van der Waals surface area contributed by atoms with Gasteiger partial charge in [-0.25, -0.2) is 0 Å². The van der Waals surface area contributed by atoms with Crippen molar-refractivity contribution in [2.45, 2.75) is 19.4 Å². The van der Waals surface area contributed by atoms with Crippen molar-refractivity contribution in [3.05, 3.63) is 59.6 Å². The van der Waals surface area contributed by atoms with Gasteiger partial charge in [-0.2, -0.15) is 0 Å². The summed E-state index contributed by atoms with van der Waals surface area (Å²) in [4.78, 5) is 12.2. The number of carbonyl (C=O) groups excluding carboxylic acids is 1. The van der Waals surface area contributed by atoms with Crippen LogP contribution in [0, 0.1) is 0 Å². The maximum absolute atomic E-state index is 12.2. The van der Waals surface area contributed by atoms with Crippen molar-refractivity contribution in [1.82, 2.24) is 0 Å². The van der Waals surface area contributed by atoms with E-state index in [2.05, 4.69) is 10.6 Å². The topological polar surface area (TPSA) is 41.1 Å². The van der Waals surface area contributed by atoms with E-state index in [0.717, 1.165) is 11.4 Å². The van der Waals surface area contributed by atoms with Gasteiger partial charge in [0.05, 0.1) is 10.7 Å². The minimum Gasteiger partial charge on any atom is -0.372 e. The predicted octanol–water partition coefficient (Wildman–Crippen LogP) is 4.17. The fourth-order valence-electron chi connectivity index (χ4n) is 1.87. The molecule has 0 saturated heterocycles. The molecule has 0 fully saturated rings. The number of amides is 1. The molecule has 0 aromatic heterocycles. The third-order valence-corrected chi connectivity index (χ3v) is 3.30. The van der Waals surface area contributed by atoms with Crippen LogP contribution in [-0.2, 0) is 4.79 Å². The summed E-state index contributed by atoms with van der Waals surface area (Å²) < 4.78 is 0. The third kappa shape index (κ3) is 3.75. The first kappa shape index (κ1) is 14.4. The number of rotatable bonds is 5. The zero-order chi connectivity index (χ0) is 14.4. The Labute approximate surface area is 124 Å². The molecule has 0 aliphatic heterocycles. The van der Waals surface area contributed by atoms with E-state index in [-0.39, 0.29) is 11.9 Å². The number of anilines is 2. The molecule has 2 aromatic carbocycles. The summed E-state index contributed by atoms with van der Waals surface area (Å²) in [5.74, 6) is -0.0707. The average Bonchev–Trinajstić information content (AvgIpc) is 2.47. The first-order chi connectivity index (χ1) is 9.70. The molecule has 0 unspecified atom stereocenters. The van der Waals surface area contributed by atoms with Crippen molar-refractivity contribution < 1.29 is 4.79 Å². The van der Waals surface area contributed by atoms with Gasteiger partial charge < -0.3 is 10.6 Å². The van der Waals surface area contributed by atoms with Gasteiger partial charge >= 0.3 is 0 Å². The summed E-state index contributed by atoms with van der Waals surface area (Å²) in [5, 5.41) is 6.67. The monoisotopic (exact) mass is 288 g/mol. The Kier molecular flexibility index (Phi) is 5.02. The number of hydrogen-bond acceptors (Lipinski definition) is 2. The van der Waals surface area contributed by atoms with Gasteiger partial charge in [-0.1, -0.05) is 48.9 Å². The van der Waals surface area contributed by atoms with Crippen molar-refractivity contribution in [1.29, 1.82) is 0 Å². The molecule has 4 heteroatoms. The maximum Gasteiger partial charge on any atom is 0.246 e. The van der Waals surface area contributed by atoms with Gasteiger partial charge in [0, 0.05) is 5.69 Å². The van der Waals surface area contributed by atoms with Crippen LogP contribution in [0.4, 0.5) is 11.4 Å². The smallest absolute Gasteiger partial charge is 0.246 e. The van der Waals surface area contributed by atoms with E-state index < -0.39 is 0 Å². The summed E-state index contributed by atoms with van der Waals surface area (Å²) in [5.41, 5.74) is 1.56. The van der Waals surface area contributed by atoms with Crippen LogP contribution in [0.2, 0.25) is 5.02 Å². The van der Waals surface area contributed by atoms with Gasteiger partial charge in [0.2, 0.25) is 5.91 Å². The highest BCUT2D eigenvalue weighted by atomic mass is 35.5. The zero-order valence-electron chi connectivity index (χ0n) is 11.3. The fraction of sp³-hybridized carbons (Fsp3) is 0.188. The van der Waals surface area contributed by atoms with Crippen LogP contribution in [0.5, 0.6) is 0 Å². The van der Waals surface area contributed by atoms with Gasteiger partial charge in [-0.15, -0.1) is 0 Å². The Morgan fingerprint density at radius 1 is 1.10 bits per heavy atom. The Morgan fingerprint density at radius 3 is 2.40 bits per heavy atom. The van der Waals surface area contributed by atoms with Gasteiger partial charge in [0.1, 0.15) is 6.04 Å². The van der Waals surface area contributed by atoms with E-state index in [4.69, 9.17) is 11.6 Å². The summed E-state index contributed by atoms with van der Waals surface area (Å²) >= 11 is 6.10. The van der Waals surface area contributed by atoms with Gasteiger partial charge in [-0.3, -0.25) is 4.79 Å². The standard InChI is InChI=1S/C16H17ClN2O/c1-2-14(19-15-11-7-6-10-13(15)17)16(20)18-12-8-4-3-5-9-12/h3-11,14,19H,2H2,1H3,(H,18,20)/t14-/m0/s1. The van der Waals surface area contributed by atoms with Gasteiger partial charge in [0.25, 0.3) is 0 Å². The lowest BCUT2D eigenvalue weighted by Gasteiger charge is -2.18. The fourth-order valence-corrected chi connectivity index (χ4v) is 2.06. The average molecular weight is 289 g/mol. The summed E-state index contributed by atoms with van der Waals surface area (Å²) in [6.45, 7) is 1.96. The van der Waals surface area contributed by atoms with E-state index in [1.807, 2.05) is 55.5 Å². The van der Waals surface area contributed by atoms with Crippen LogP contribution in [0.1, 0.15) is 13.3 Å². The number of nitrogens with one attached hydrogen (secondary N) is 2. The van der Waals surface area contributed by atoms with Crippen LogP contribution in [0.25, 0.3) is 0 Å². The molecule has 0 aliphatic carbocycles. The van der Waals surface area contributed by atoms with Gasteiger partial charge in [-0.05, 0) is 30.7 Å². The van der Waals surface area contributed by atoms with Crippen LogP contribution < -0.4 is 10.6 Å². The van der Waals surface area contributed by atoms with Crippen molar-refractivity contribution in [3.8, 4) is 0 Å². The second-order valence-electron chi connectivity index (χ2n) is 4.44. The molecule has 0 radical (unpaired) electrons. The van der Waals surface area contributed by atoms with Gasteiger partial charge in [0.15, 0.2) is 0 Å². The minimum absolute atomic E-state index is 0.0707. The van der Waals surface area contributed by atoms with Crippen molar-refractivity contribution in [2.75, 3.05) is 10.6 Å². The van der Waals surface area contributed by atoms with Crippen LogP contribution >= 0.6 is 11.6 Å². The molecule has 0 aliphatic rings. The molecular formula is C16H17ClN2O. The third-order valence-electron chi connectivity index (χ3n) is 2.97. The number of benzene rings is 2. The Bertz CT molecular complexity index is 572. The molecular weight excluding hydrogens is 272 g/mol. The van der Waals surface area contributed by atoms with E-state index in [1.54, 1.807) is 6.07 Å². The lowest BCUT2D eigenvalue weighted by atomic mass is 10.2. The van der Waals surface area contributed by atoms with Crippen LogP contribution in [0.15, 0.2) is 54.6 Å². The van der Waals surface area contributed by atoms with Crippen molar-refractivity contribution in [3.63, 3.8) is 0 Å². The molecule has 0 saturated carbocycles. The molecule has 2 N–H and O–H groups in total. The van der Waals surface area contributed by atoms with E-state index in [0.29, 0.717) is 11.4 Å². The molecule has 20 heavy (non-hydrogen) atoms. The summed E-state index contributed by atoms with van der Waals surface area (Å²) in [6, 6.07) is 16.5. The molecule has 2 rings (SSSR count). The molecule has 2 aromatic rings. The lowest BCUT2D eigenvalue weighted by Crippen LogP contribution is -2.34. The van der Waals surface area contributed by atoms with E-state index in [9.17, 15) is 4.79 Å². The SMILES string of the molecule is CC[C@H](Nc1ccccc1Cl)C(=O)Nc1ccccc1. The van der Waals surface area contributed by atoms with Crippen LogP contribution in [0.3, 0.4) is 0 Å². The number of hydrogen-bond donors (Lipinski definition) is 2. The first-order valence-electron chi connectivity index (χ1n) is 6.57. The Hall–Kier alpha value is -2.00. The Morgan fingerprint density at radius 2 is 1.75 bits per heavy atom. The number of para-hydroxylation sites is 2. The highest BCUT2D eigenvalue weighted by molar-refractivity contribution is 6.33. The summed E-state index contributed by atoms with van der Waals surface area (Å²) in [7, 11) is 0. The molecule has 0 bridgehead atoms. The van der Waals surface area contributed by atoms with Crippen molar-refractivity contribution >= 4 is 28.9 Å². The van der Waals surface area contributed by atoms with E-state index in [1.165, 1.54) is 0 Å². The molecule has 104 valence electrons. The molecule has 3 nitrogen and oxygen atoms in total. The number of halogens is 1. The zero-order valence-corrected chi connectivity index (χ0v) is 12.0. The van der Waals surface area contributed by atoms with Crippen molar-refractivity contribution in [2.24, 2.45) is 0 Å². The quantitative estimate of drug-likeness (QED) is 0.867. The predicted molar refractivity (Wildman–Crippen MR) is 84.2 cm³/mol. The maximum atomic E-state index is 12.2. The van der Waals surface area contributed by atoms with E-state index >= 15 is 0 Å². The van der Waals surface area contributed by atoms with Crippen LogP contribution in [-0.4, -0.2) is 11.9 Å². The molecule has 0 heterocycles. The first-order valence-corrected chi connectivity index (χ1v) is 6.95. The lowest BCUT2D eigenvalue weighted by molar-refractivity contribution is -0.116. The molecule has 0 spiro atoms. The normalized spacial score (nSPS) is 11.7. The second-order valence-corrected chi connectivity index (χ2v) is 4.85. The second kappa shape index (κ2) is 6.96. The highest BCUT2D eigenvalue weighted by Crippen LogP contribution is 2.22. The largest absolute Gasteiger partial charge is 0.372 e.